The number of aryl methyl sites for hydroxylation is 1. The van der Waals surface area contributed by atoms with E-state index in [-0.39, 0.29) is 0 Å². The summed E-state index contributed by atoms with van der Waals surface area (Å²) < 4.78 is 2.18. The molecule has 0 spiro atoms. The van der Waals surface area contributed by atoms with E-state index in [2.05, 4.69) is 48.6 Å². The molecule has 0 radical (unpaired) electrons. The number of nitrogens with zero attached hydrogens (tertiary/aromatic N) is 2. The van der Waals surface area contributed by atoms with Gasteiger partial charge >= 0.3 is 0 Å². The second-order valence-electron chi connectivity index (χ2n) is 4.50. The van der Waals surface area contributed by atoms with Crippen molar-refractivity contribution in [2.24, 2.45) is 12.8 Å². The predicted octanol–water partition coefficient (Wildman–Crippen LogP) is 2.20. The zero-order chi connectivity index (χ0) is 11.7. The maximum absolute atomic E-state index is 5.60. The fourth-order valence-electron chi connectivity index (χ4n) is 2.17. The zero-order valence-corrected chi connectivity index (χ0v) is 10.2. The van der Waals surface area contributed by atoms with Crippen molar-refractivity contribution in [2.45, 2.75) is 26.2 Å². The summed E-state index contributed by atoms with van der Waals surface area (Å²) >= 11 is 0. The molecule has 1 heterocycles. The summed E-state index contributed by atoms with van der Waals surface area (Å²) in [6.45, 7) is 5.07. The van der Waals surface area contributed by atoms with Crippen molar-refractivity contribution in [3.8, 4) is 0 Å². The van der Waals surface area contributed by atoms with Gasteiger partial charge in [0.15, 0.2) is 0 Å². The fourth-order valence-corrected chi connectivity index (χ4v) is 2.17. The lowest BCUT2D eigenvalue weighted by Crippen LogP contribution is -2.08. The Morgan fingerprint density at radius 2 is 2.12 bits per heavy atom. The molecule has 0 aliphatic carbocycles. The van der Waals surface area contributed by atoms with Crippen LogP contribution in [-0.4, -0.2) is 16.1 Å². The maximum Gasteiger partial charge on any atom is 0.110 e. The van der Waals surface area contributed by atoms with Crippen LogP contribution in [0.3, 0.4) is 0 Å². The quantitative estimate of drug-likeness (QED) is 0.856. The van der Waals surface area contributed by atoms with Gasteiger partial charge in [-0.1, -0.05) is 26.0 Å². The number of hydrogen-bond donors (Lipinski definition) is 1. The smallest absolute Gasteiger partial charge is 0.110 e. The highest BCUT2D eigenvalue weighted by Gasteiger charge is 2.12. The molecule has 0 fully saturated rings. The molecule has 0 saturated heterocycles. The molecule has 0 amide bonds. The summed E-state index contributed by atoms with van der Waals surface area (Å²) in [6.07, 6.45) is 0.836. The van der Waals surface area contributed by atoms with Gasteiger partial charge in [-0.05, 0) is 24.1 Å². The van der Waals surface area contributed by atoms with Gasteiger partial charge in [0.1, 0.15) is 5.82 Å². The van der Waals surface area contributed by atoms with Crippen LogP contribution in [0.2, 0.25) is 0 Å². The Labute approximate surface area is 96.3 Å². The van der Waals surface area contributed by atoms with Crippen LogP contribution in [0.4, 0.5) is 0 Å². The Kier molecular flexibility index (Phi) is 2.97. The van der Waals surface area contributed by atoms with Crippen LogP contribution >= 0.6 is 0 Å². The van der Waals surface area contributed by atoms with Crippen LogP contribution < -0.4 is 5.73 Å². The molecule has 2 aromatic rings. The summed E-state index contributed by atoms with van der Waals surface area (Å²) in [5.74, 6) is 1.59. The molecule has 0 unspecified atom stereocenters. The Morgan fingerprint density at radius 1 is 1.38 bits per heavy atom. The van der Waals surface area contributed by atoms with E-state index in [1.54, 1.807) is 0 Å². The summed E-state index contributed by atoms with van der Waals surface area (Å²) in [5.41, 5.74) is 9.28. The number of rotatable bonds is 3. The van der Waals surface area contributed by atoms with Gasteiger partial charge in [0.25, 0.3) is 0 Å². The molecule has 1 aromatic carbocycles. The number of para-hydroxylation sites is 1. The molecule has 0 bridgehead atoms. The fraction of sp³-hybridized carbons (Fsp3) is 0.462. The number of aromatic nitrogens is 2. The van der Waals surface area contributed by atoms with Crippen LogP contribution in [0.1, 0.15) is 31.2 Å². The average Bonchev–Trinajstić information content (AvgIpc) is 2.57. The van der Waals surface area contributed by atoms with E-state index >= 15 is 0 Å². The minimum Gasteiger partial charge on any atom is -0.331 e. The SMILES string of the molecule is CC(C)c1cccc2nc(CCN)n(C)c12. The van der Waals surface area contributed by atoms with Crippen molar-refractivity contribution in [1.82, 2.24) is 9.55 Å². The van der Waals surface area contributed by atoms with Gasteiger partial charge in [-0.25, -0.2) is 4.98 Å². The van der Waals surface area contributed by atoms with Gasteiger partial charge in [0.05, 0.1) is 11.0 Å². The van der Waals surface area contributed by atoms with Crippen LogP contribution in [0.5, 0.6) is 0 Å². The number of imidazole rings is 1. The topological polar surface area (TPSA) is 43.8 Å². The molecule has 16 heavy (non-hydrogen) atoms. The maximum atomic E-state index is 5.60. The van der Waals surface area contributed by atoms with Crippen molar-refractivity contribution in [3.05, 3.63) is 29.6 Å². The van der Waals surface area contributed by atoms with E-state index in [9.17, 15) is 0 Å². The first-order valence-corrected chi connectivity index (χ1v) is 5.79. The minimum atomic E-state index is 0.518. The van der Waals surface area contributed by atoms with Gasteiger partial charge in [0, 0.05) is 13.5 Å². The largest absolute Gasteiger partial charge is 0.331 e. The monoisotopic (exact) mass is 217 g/mol. The second kappa shape index (κ2) is 4.26. The Hall–Kier alpha value is -1.35. The highest BCUT2D eigenvalue weighted by molar-refractivity contribution is 5.80. The summed E-state index contributed by atoms with van der Waals surface area (Å²) in [5, 5.41) is 0. The molecular weight excluding hydrogens is 198 g/mol. The van der Waals surface area contributed by atoms with Crippen LogP contribution in [-0.2, 0) is 13.5 Å². The first-order chi connectivity index (χ1) is 7.65. The molecule has 3 nitrogen and oxygen atoms in total. The van der Waals surface area contributed by atoms with Crippen molar-refractivity contribution in [3.63, 3.8) is 0 Å². The third-order valence-electron chi connectivity index (χ3n) is 3.01. The zero-order valence-electron chi connectivity index (χ0n) is 10.2. The predicted molar refractivity (Wildman–Crippen MR) is 67.6 cm³/mol. The van der Waals surface area contributed by atoms with Gasteiger partial charge in [-0.3, -0.25) is 0 Å². The summed E-state index contributed by atoms with van der Waals surface area (Å²) in [7, 11) is 2.08. The van der Waals surface area contributed by atoms with Crippen LogP contribution in [0.15, 0.2) is 18.2 Å². The van der Waals surface area contributed by atoms with Crippen molar-refractivity contribution in [1.29, 1.82) is 0 Å². The third kappa shape index (κ3) is 1.71. The van der Waals surface area contributed by atoms with E-state index < -0.39 is 0 Å². The van der Waals surface area contributed by atoms with E-state index in [0.717, 1.165) is 17.8 Å². The van der Waals surface area contributed by atoms with E-state index in [4.69, 9.17) is 5.73 Å². The highest BCUT2D eigenvalue weighted by Crippen LogP contribution is 2.25. The average molecular weight is 217 g/mol. The number of benzene rings is 1. The standard InChI is InChI=1S/C13H19N3/c1-9(2)10-5-4-6-11-13(10)16(3)12(15-11)7-8-14/h4-6,9H,7-8,14H2,1-3H3. The normalized spacial score (nSPS) is 11.6. The minimum absolute atomic E-state index is 0.518. The summed E-state index contributed by atoms with van der Waals surface area (Å²) in [6, 6.07) is 6.33. The Morgan fingerprint density at radius 3 is 2.75 bits per heavy atom. The second-order valence-corrected chi connectivity index (χ2v) is 4.50. The van der Waals surface area contributed by atoms with Gasteiger partial charge in [-0.2, -0.15) is 0 Å². The first-order valence-electron chi connectivity index (χ1n) is 5.79. The van der Waals surface area contributed by atoms with E-state index in [1.165, 1.54) is 11.1 Å². The molecule has 0 atom stereocenters. The molecular formula is C13H19N3. The number of hydrogen-bond acceptors (Lipinski definition) is 2. The van der Waals surface area contributed by atoms with E-state index in [1.807, 2.05) is 0 Å². The molecule has 0 aliphatic heterocycles. The molecule has 2 rings (SSSR count). The van der Waals surface area contributed by atoms with Gasteiger partial charge < -0.3 is 10.3 Å². The first kappa shape index (κ1) is 11.1. The van der Waals surface area contributed by atoms with Crippen LogP contribution in [0.25, 0.3) is 11.0 Å². The highest BCUT2D eigenvalue weighted by atomic mass is 15.1. The van der Waals surface area contributed by atoms with Crippen LogP contribution in [0, 0.1) is 0 Å². The molecule has 0 saturated carbocycles. The number of fused-ring (bicyclic) bond motifs is 1. The molecule has 2 N–H and O–H groups in total. The molecule has 1 aromatic heterocycles. The van der Waals surface area contributed by atoms with Crippen molar-refractivity contribution in [2.75, 3.05) is 6.54 Å². The molecule has 3 heteroatoms. The Bertz CT molecular complexity index is 497. The summed E-state index contributed by atoms with van der Waals surface area (Å²) in [4.78, 5) is 4.63. The lowest BCUT2D eigenvalue weighted by atomic mass is 10.0. The van der Waals surface area contributed by atoms with Gasteiger partial charge in [-0.15, -0.1) is 0 Å². The lowest BCUT2D eigenvalue weighted by Gasteiger charge is -2.09. The number of nitrogens with two attached hydrogens (primary N) is 1. The third-order valence-corrected chi connectivity index (χ3v) is 3.01. The lowest BCUT2D eigenvalue weighted by molar-refractivity contribution is 0.784. The molecule has 0 aliphatic rings. The van der Waals surface area contributed by atoms with Gasteiger partial charge in [0.2, 0.25) is 0 Å². The molecule has 86 valence electrons. The van der Waals surface area contributed by atoms with Crippen molar-refractivity contribution < 1.29 is 0 Å². The van der Waals surface area contributed by atoms with E-state index in [0.29, 0.717) is 12.5 Å². The van der Waals surface area contributed by atoms with Crippen molar-refractivity contribution >= 4 is 11.0 Å². The Balaban J connectivity index is 2.67.